The number of nitrogens with one attached hydrogen (secondary N) is 1. The molecule has 1 spiro atoms. The third-order valence-corrected chi connectivity index (χ3v) is 9.99. The Morgan fingerprint density at radius 3 is 1.38 bits per heavy atom. The Morgan fingerprint density at radius 1 is 0.378 bits per heavy atom. The molecule has 210 valence electrons. The van der Waals surface area contributed by atoms with Crippen LogP contribution in [0.2, 0.25) is 0 Å². The molecule has 45 heavy (non-hydrogen) atoms. The third-order valence-electron chi connectivity index (χ3n) is 9.99. The highest BCUT2D eigenvalue weighted by Crippen LogP contribution is 2.62. The van der Waals surface area contributed by atoms with Gasteiger partial charge in [-0.05, 0) is 93.0 Å². The summed E-state index contributed by atoms with van der Waals surface area (Å²) in [6.45, 7) is 0. The lowest BCUT2D eigenvalue weighted by Gasteiger charge is -2.30. The van der Waals surface area contributed by atoms with Crippen molar-refractivity contribution in [2.24, 2.45) is 0 Å². The number of nitrogens with zero attached hydrogens (tertiary/aromatic N) is 1. The molecule has 1 N–H and O–H groups in total. The summed E-state index contributed by atoms with van der Waals surface area (Å²) in [5.41, 5.74) is 16.1. The summed E-state index contributed by atoms with van der Waals surface area (Å²) >= 11 is 0. The maximum atomic E-state index is 3.75. The van der Waals surface area contributed by atoms with Crippen LogP contribution in [-0.4, -0.2) is 4.57 Å². The molecule has 0 aliphatic heterocycles. The van der Waals surface area contributed by atoms with Gasteiger partial charge >= 0.3 is 0 Å². The Balaban J connectivity index is 1.09. The van der Waals surface area contributed by atoms with Crippen molar-refractivity contribution in [3.63, 3.8) is 0 Å². The molecular formula is C43H28N2. The predicted molar refractivity (Wildman–Crippen MR) is 187 cm³/mol. The van der Waals surface area contributed by atoms with Gasteiger partial charge in [-0.25, -0.2) is 0 Å². The minimum Gasteiger partial charge on any atom is -0.356 e. The monoisotopic (exact) mass is 572 g/mol. The zero-order valence-corrected chi connectivity index (χ0v) is 24.5. The van der Waals surface area contributed by atoms with Gasteiger partial charge in [0.1, 0.15) is 0 Å². The standard InChI is InChI=1S/C43H28N2/c1-6-16-37-31(11-1)32-12-2-7-17-38(32)43(37)39-18-8-3-13-33(39)34-26-23-29(27-40(34)43)44-28-21-24-30(25-22-28)45-41-19-9-4-14-35(41)36-15-5-10-20-42(36)45/h1-27,44H. The van der Waals surface area contributed by atoms with E-state index < -0.39 is 0 Å². The number of hydrogen-bond acceptors (Lipinski definition) is 1. The van der Waals surface area contributed by atoms with Crippen molar-refractivity contribution in [3.05, 3.63) is 186 Å². The van der Waals surface area contributed by atoms with Gasteiger partial charge in [0.2, 0.25) is 0 Å². The SMILES string of the molecule is c1ccc2c(c1)-c1ccccc1C21c2ccccc2-c2ccc(Nc3ccc(-n4c5ccccc5c5ccccc54)cc3)cc21. The molecule has 0 amide bonds. The summed E-state index contributed by atoms with van der Waals surface area (Å²) in [6, 6.07) is 59.9. The van der Waals surface area contributed by atoms with E-state index in [9.17, 15) is 0 Å². The summed E-state index contributed by atoms with van der Waals surface area (Å²) in [5, 5.41) is 6.30. The molecule has 0 saturated carbocycles. The maximum Gasteiger partial charge on any atom is 0.0726 e. The van der Waals surface area contributed by atoms with Crippen LogP contribution in [-0.2, 0) is 5.41 Å². The van der Waals surface area contributed by atoms with Crippen molar-refractivity contribution in [1.82, 2.24) is 4.57 Å². The molecule has 2 nitrogen and oxygen atoms in total. The number of fused-ring (bicyclic) bond motifs is 13. The van der Waals surface area contributed by atoms with E-state index >= 15 is 0 Å². The molecule has 2 aliphatic rings. The van der Waals surface area contributed by atoms with Gasteiger partial charge in [0.25, 0.3) is 0 Å². The van der Waals surface area contributed by atoms with E-state index in [2.05, 4.69) is 174 Å². The van der Waals surface area contributed by atoms with Gasteiger partial charge in [-0.2, -0.15) is 0 Å². The van der Waals surface area contributed by atoms with Gasteiger partial charge in [-0.15, -0.1) is 0 Å². The van der Waals surface area contributed by atoms with Crippen molar-refractivity contribution in [1.29, 1.82) is 0 Å². The summed E-state index contributed by atoms with van der Waals surface area (Å²) in [7, 11) is 0. The molecule has 2 aliphatic carbocycles. The van der Waals surface area contributed by atoms with E-state index in [-0.39, 0.29) is 5.41 Å². The van der Waals surface area contributed by atoms with Crippen LogP contribution in [0.4, 0.5) is 11.4 Å². The highest BCUT2D eigenvalue weighted by atomic mass is 15.0. The number of anilines is 2. The summed E-state index contributed by atoms with van der Waals surface area (Å²) in [4.78, 5) is 0. The first-order chi connectivity index (χ1) is 22.3. The number of benzene rings is 7. The minimum atomic E-state index is -0.336. The van der Waals surface area contributed by atoms with Gasteiger partial charge in [0, 0.05) is 27.8 Å². The van der Waals surface area contributed by atoms with Crippen molar-refractivity contribution in [2.75, 3.05) is 5.32 Å². The van der Waals surface area contributed by atoms with Crippen molar-refractivity contribution >= 4 is 33.2 Å². The van der Waals surface area contributed by atoms with E-state index in [1.165, 1.54) is 66.3 Å². The number of rotatable bonds is 3. The second-order valence-electron chi connectivity index (χ2n) is 12.2. The minimum absolute atomic E-state index is 0.336. The van der Waals surface area contributed by atoms with Gasteiger partial charge < -0.3 is 9.88 Å². The van der Waals surface area contributed by atoms with Crippen LogP contribution < -0.4 is 5.32 Å². The Labute approximate surface area is 261 Å². The molecule has 0 saturated heterocycles. The maximum absolute atomic E-state index is 3.75. The molecule has 0 fully saturated rings. The van der Waals surface area contributed by atoms with Crippen molar-refractivity contribution < 1.29 is 0 Å². The van der Waals surface area contributed by atoms with Crippen LogP contribution in [0.25, 0.3) is 49.7 Å². The fourth-order valence-electron chi connectivity index (χ4n) is 8.23. The van der Waals surface area contributed by atoms with Crippen LogP contribution in [0.3, 0.4) is 0 Å². The molecular weight excluding hydrogens is 544 g/mol. The lowest BCUT2D eigenvalue weighted by atomic mass is 9.70. The Bertz CT molecular complexity index is 2350. The summed E-state index contributed by atoms with van der Waals surface area (Å²) < 4.78 is 2.36. The van der Waals surface area contributed by atoms with Crippen molar-refractivity contribution in [3.8, 4) is 27.9 Å². The van der Waals surface area contributed by atoms with Gasteiger partial charge in [-0.1, -0.05) is 115 Å². The smallest absolute Gasteiger partial charge is 0.0726 e. The van der Waals surface area contributed by atoms with Crippen LogP contribution in [0, 0.1) is 0 Å². The van der Waals surface area contributed by atoms with Crippen molar-refractivity contribution in [2.45, 2.75) is 5.41 Å². The zero-order chi connectivity index (χ0) is 29.5. The van der Waals surface area contributed by atoms with Crippen LogP contribution in [0.5, 0.6) is 0 Å². The van der Waals surface area contributed by atoms with Gasteiger partial charge in [0.05, 0.1) is 16.4 Å². The molecule has 0 unspecified atom stereocenters. The highest BCUT2D eigenvalue weighted by molar-refractivity contribution is 6.09. The topological polar surface area (TPSA) is 17.0 Å². The van der Waals surface area contributed by atoms with Gasteiger partial charge in [-0.3, -0.25) is 0 Å². The molecule has 0 bridgehead atoms. The lowest BCUT2D eigenvalue weighted by molar-refractivity contribution is 0.794. The first-order valence-corrected chi connectivity index (χ1v) is 15.6. The average molecular weight is 573 g/mol. The van der Waals surface area contributed by atoms with E-state index in [0.717, 1.165) is 17.1 Å². The van der Waals surface area contributed by atoms with Crippen LogP contribution in [0.15, 0.2) is 164 Å². The molecule has 2 heteroatoms. The second kappa shape index (κ2) is 9.07. The molecule has 1 aromatic heterocycles. The highest BCUT2D eigenvalue weighted by Gasteiger charge is 2.51. The lowest BCUT2D eigenvalue weighted by Crippen LogP contribution is -2.25. The molecule has 0 atom stereocenters. The fraction of sp³-hybridized carbons (Fsp3) is 0.0233. The molecule has 8 aromatic rings. The zero-order valence-electron chi connectivity index (χ0n) is 24.5. The van der Waals surface area contributed by atoms with E-state index in [4.69, 9.17) is 0 Å². The van der Waals surface area contributed by atoms with Gasteiger partial charge in [0.15, 0.2) is 0 Å². The van der Waals surface area contributed by atoms with E-state index in [0.29, 0.717) is 0 Å². The summed E-state index contributed by atoms with van der Waals surface area (Å²) in [6.07, 6.45) is 0. The Kier molecular flexibility index (Phi) is 4.95. The quantitative estimate of drug-likeness (QED) is 0.223. The molecule has 0 radical (unpaired) electrons. The number of para-hydroxylation sites is 2. The summed E-state index contributed by atoms with van der Waals surface area (Å²) in [5.74, 6) is 0. The first kappa shape index (κ1) is 24.6. The largest absolute Gasteiger partial charge is 0.356 e. The van der Waals surface area contributed by atoms with E-state index in [1.54, 1.807) is 0 Å². The number of hydrogen-bond donors (Lipinski definition) is 1. The second-order valence-corrected chi connectivity index (χ2v) is 12.2. The van der Waals surface area contributed by atoms with Crippen LogP contribution >= 0.6 is 0 Å². The molecule has 10 rings (SSSR count). The fourth-order valence-corrected chi connectivity index (χ4v) is 8.23. The van der Waals surface area contributed by atoms with Crippen LogP contribution in [0.1, 0.15) is 22.3 Å². The third kappa shape index (κ3) is 3.23. The number of aromatic nitrogens is 1. The average Bonchev–Trinajstić information content (AvgIpc) is 3.71. The molecule has 7 aromatic carbocycles. The molecule has 1 heterocycles. The normalized spacial score (nSPS) is 13.5. The first-order valence-electron chi connectivity index (χ1n) is 15.6. The predicted octanol–water partition coefficient (Wildman–Crippen LogP) is 10.9. The Hall–Kier alpha value is -5.86. The van der Waals surface area contributed by atoms with E-state index in [1.807, 2.05) is 0 Å². The Morgan fingerprint density at radius 2 is 0.822 bits per heavy atom.